The first-order valence-corrected chi connectivity index (χ1v) is 3.37. The molecule has 12 heavy (non-hydrogen) atoms. The van der Waals surface area contributed by atoms with Crippen LogP contribution in [0, 0.1) is 0 Å². The largest absolute Gasteiger partial charge is 0.345 e. The summed E-state index contributed by atoms with van der Waals surface area (Å²) >= 11 is 0. The van der Waals surface area contributed by atoms with Crippen LogP contribution in [0.3, 0.4) is 0 Å². The molecule has 0 fully saturated rings. The summed E-state index contributed by atoms with van der Waals surface area (Å²) in [5.41, 5.74) is 0.870. The maximum Gasteiger partial charge on any atom is 0.209 e. The van der Waals surface area contributed by atoms with Crippen molar-refractivity contribution >= 4 is 24.6 Å². The lowest BCUT2D eigenvalue weighted by molar-refractivity contribution is 1.24. The van der Waals surface area contributed by atoms with E-state index in [0.717, 1.165) is 0 Å². The molecule has 0 saturated carbocycles. The van der Waals surface area contributed by atoms with Gasteiger partial charge in [0.05, 0.1) is 0 Å². The zero-order valence-electron chi connectivity index (χ0n) is 6.11. The van der Waals surface area contributed by atoms with Gasteiger partial charge in [-0.3, -0.25) is 4.79 Å². The average molecular weight is 157 g/mol. The summed E-state index contributed by atoms with van der Waals surface area (Å²) in [6, 6.07) is 1.40. The molecule has 0 atom stereocenters. The van der Waals surface area contributed by atoms with Gasteiger partial charge in [-0.1, -0.05) is 0 Å². The molecule has 1 N–H and O–H groups in total. The first-order valence-electron chi connectivity index (χ1n) is 3.37. The van der Waals surface area contributed by atoms with Crippen LogP contribution in [-0.2, 0) is 0 Å². The molecule has 56 valence electrons. The van der Waals surface area contributed by atoms with Gasteiger partial charge in [0.1, 0.15) is 7.85 Å². The first kappa shape index (κ1) is 7.03. The second-order valence-corrected chi connectivity index (χ2v) is 2.33. The molecule has 0 aliphatic rings. The lowest BCUT2D eigenvalue weighted by atomic mass is 10.1. The minimum absolute atomic E-state index is 0.156. The molecule has 0 saturated heterocycles. The summed E-state index contributed by atoms with van der Waals surface area (Å²) in [7, 11) is 5.38. The summed E-state index contributed by atoms with van der Waals surface area (Å²) < 4.78 is 0. The molecule has 2 aromatic heterocycles. The number of aromatic amines is 1. The highest BCUT2D eigenvalue weighted by Gasteiger charge is 1.98. The SMILES string of the molecule is [B]c1cnc2c(=O)cc[nH]c2n1. The molecule has 2 rings (SSSR count). The molecule has 0 aromatic carbocycles. The third-order valence-corrected chi connectivity index (χ3v) is 1.48. The molecular formula is C7H4BN3O. The number of fused-ring (bicyclic) bond motifs is 1. The Balaban J connectivity index is 2.96. The van der Waals surface area contributed by atoms with Gasteiger partial charge in [-0.2, -0.15) is 0 Å². The number of aromatic nitrogens is 3. The van der Waals surface area contributed by atoms with Gasteiger partial charge in [0.15, 0.2) is 11.2 Å². The van der Waals surface area contributed by atoms with Gasteiger partial charge >= 0.3 is 0 Å². The highest BCUT2D eigenvalue weighted by Crippen LogP contribution is 1.93. The normalized spacial score (nSPS) is 10.3. The van der Waals surface area contributed by atoms with Gasteiger partial charge in [-0.05, 0) is 0 Å². The second kappa shape index (κ2) is 2.44. The van der Waals surface area contributed by atoms with Crippen LogP contribution in [0.1, 0.15) is 0 Å². The zero-order chi connectivity index (χ0) is 8.55. The van der Waals surface area contributed by atoms with Crippen LogP contribution < -0.4 is 11.0 Å². The molecule has 2 aromatic rings. The van der Waals surface area contributed by atoms with E-state index >= 15 is 0 Å². The lowest BCUT2D eigenvalue weighted by Crippen LogP contribution is -2.13. The zero-order valence-corrected chi connectivity index (χ0v) is 6.11. The predicted octanol–water partition coefficient (Wildman–Crippen LogP) is -0.888. The van der Waals surface area contributed by atoms with Crippen LogP contribution >= 0.6 is 0 Å². The van der Waals surface area contributed by atoms with Gasteiger partial charge < -0.3 is 4.98 Å². The molecular weight excluding hydrogens is 153 g/mol. The van der Waals surface area contributed by atoms with Crippen molar-refractivity contribution < 1.29 is 0 Å². The molecule has 0 aliphatic heterocycles. The summed E-state index contributed by atoms with van der Waals surface area (Å²) in [6.45, 7) is 0. The topological polar surface area (TPSA) is 58.6 Å². The van der Waals surface area contributed by atoms with Crippen LogP contribution in [0.5, 0.6) is 0 Å². The number of hydrogen-bond acceptors (Lipinski definition) is 3. The summed E-state index contributed by atoms with van der Waals surface area (Å²) in [5, 5.41) is 0. The van der Waals surface area contributed by atoms with Crippen LogP contribution in [0.15, 0.2) is 23.3 Å². The summed E-state index contributed by atoms with van der Waals surface area (Å²) in [5.74, 6) is 0. The Bertz CT molecular complexity index is 479. The molecule has 5 heteroatoms. The maximum atomic E-state index is 11.1. The van der Waals surface area contributed by atoms with Crippen molar-refractivity contribution in [1.29, 1.82) is 0 Å². The van der Waals surface area contributed by atoms with E-state index < -0.39 is 0 Å². The Kier molecular flexibility index (Phi) is 1.43. The van der Waals surface area contributed by atoms with Crippen molar-refractivity contribution in [3.63, 3.8) is 0 Å². The van der Waals surface area contributed by atoms with E-state index in [2.05, 4.69) is 15.0 Å². The quantitative estimate of drug-likeness (QED) is 0.504. The molecule has 4 nitrogen and oxygen atoms in total. The smallest absolute Gasteiger partial charge is 0.209 e. The fourth-order valence-corrected chi connectivity index (χ4v) is 0.959. The van der Waals surface area contributed by atoms with Gasteiger partial charge in [-0.25, -0.2) is 9.97 Å². The van der Waals surface area contributed by atoms with Crippen molar-refractivity contribution in [2.75, 3.05) is 0 Å². The minimum Gasteiger partial charge on any atom is -0.345 e. The van der Waals surface area contributed by atoms with E-state index in [0.29, 0.717) is 16.8 Å². The summed E-state index contributed by atoms with van der Waals surface area (Å²) in [6.07, 6.45) is 2.87. The Labute approximate surface area is 69.1 Å². The van der Waals surface area contributed by atoms with Crippen LogP contribution in [0.2, 0.25) is 0 Å². The number of nitrogens with zero attached hydrogens (tertiary/aromatic N) is 2. The van der Waals surface area contributed by atoms with Gasteiger partial charge in [0.25, 0.3) is 0 Å². The molecule has 0 bridgehead atoms. The predicted molar refractivity (Wildman–Crippen MR) is 45.5 cm³/mol. The van der Waals surface area contributed by atoms with Crippen LogP contribution in [0.4, 0.5) is 0 Å². The first-order chi connectivity index (χ1) is 5.77. The molecule has 2 radical (unpaired) electrons. The van der Waals surface area contributed by atoms with E-state index in [1.165, 1.54) is 18.5 Å². The van der Waals surface area contributed by atoms with Gasteiger partial charge in [-0.15, -0.1) is 0 Å². The Morgan fingerprint density at radius 3 is 3.17 bits per heavy atom. The number of rotatable bonds is 0. The van der Waals surface area contributed by atoms with Crippen LogP contribution in [-0.4, -0.2) is 22.8 Å². The molecule has 0 amide bonds. The minimum atomic E-state index is -0.156. The van der Waals surface area contributed by atoms with Crippen molar-refractivity contribution in [1.82, 2.24) is 15.0 Å². The van der Waals surface area contributed by atoms with E-state index in [1.807, 2.05) is 0 Å². The molecule has 2 heterocycles. The monoisotopic (exact) mass is 157 g/mol. The van der Waals surface area contributed by atoms with E-state index in [-0.39, 0.29) is 5.43 Å². The molecule has 0 spiro atoms. The fourth-order valence-electron chi connectivity index (χ4n) is 0.959. The summed E-state index contributed by atoms with van der Waals surface area (Å²) in [4.78, 5) is 21.7. The molecule has 0 unspecified atom stereocenters. The second-order valence-electron chi connectivity index (χ2n) is 2.33. The Morgan fingerprint density at radius 2 is 2.33 bits per heavy atom. The third-order valence-electron chi connectivity index (χ3n) is 1.48. The van der Waals surface area contributed by atoms with Crippen molar-refractivity contribution in [2.45, 2.75) is 0 Å². The average Bonchev–Trinajstić information content (AvgIpc) is 2.04. The third kappa shape index (κ3) is 0.991. The van der Waals surface area contributed by atoms with E-state index in [9.17, 15) is 4.79 Å². The van der Waals surface area contributed by atoms with Gasteiger partial charge in [0.2, 0.25) is 5.43 Å². The Morgan fingerprint density at radius 1 is 1.50 bits per heavy atom. The molecule has 0 aliphatic carbocycles. The lowest BCUT2D eigenvalue weighted by Gasteiger charge is -1.95. The van der Waals surface area contributed by atoms with E-state index in [1.54, 1.807) is 0 Å². The highest BCUT2D eigenvalue weighted by molar-refractivity contribution is 6.30. The highest BCUT2D eigenvalue weighted by atomic mass is 16.1. The van der Waals surface area contributed by atoms with Crippen molar-refractivity contribution in [3.8, 4) is 0 Å². The number of nitrogens with one attached hydrogen (secondary N) is 1. The number of hydrogen-bond donors (Lipinski definition) is 1. The number of pyridine rings is 1. The van der Waals surface area contributed by atoms with E-state index in [4.69, 9.17) is 7.85 Å². The Hall–Kier alpha value is -1.65. The van der Waals surface area contributed by atoms with Crippen molar-refractivity contribution in [2.24, 2.45) is 0 Å². The van der Waals surface area contributed by atoms with Crippen molar-refractivity contribution in [3.05, 3.63) is 28.7 Å². The maximum absolute atomic E-state index is 11.1. The number of H-pyrrole nitrogens is 1. The standard InChI is InChI=1S/C7H4BN3O/c8-5-3-10-6-4(12)1-2-9-7(6)11-5/h1-3H,(H,9,11,12). The fraction of sp³-hybridized carbons (Fsp3) is 0. The van der Waals surface area contributed by atoms with Gasteiger partial charge in [0, 0.05) is 24.1 Å². The van der Waals surface area contributed by atoms with Crippen LogP contribution in [0.25, 0.3) is 11.2 Å².